The van der Waals surface area contributed by atoms with Crippen molar-refractivity contribution < 1.29 is 8.78 Å². The van der Waals surface area contributed by atoms with Gasteiger partial charge in [0.15, 0.2) is 11.6 Å². The van der Waals surface area contributed by atoms with Crippen LogP contribution in [0.5, 0.6) is 0 Å². The average molecular weight is 391 g/mol. The molecule has 4 rings (SSSR count). The van der Waals surface area contributed by atoms with Gasteiger partial charge in [-0.3, -0.25) is 9.58 Å². The normalized spacial score (nSPS) is 20.6. The number of nitrogens with zero attached hydrogens (tertiary/aromatic N) is 7. The van der Waals surface area contributed by atoms with Crippen LogP contribution in [0.25, 0.3) is 0 Å². The van der Waals surface area contributed by atoms with Crippen LogP contribution in [0.3, 0.4) is 0 Å². The summed E-state index contributed by atoms with van der Waals surface area (Å²) in [6.07, 6.45) is 5.02. The molecule has 2 aromatic rings. The number of aromatic nitrogens is 4. The molecule has 0 radical (unpaired) electrons. The van der Waals surface area contributed by atoms with Gasteiger partial charge in [-0.15, -0.1) is 0 Å². The van der Waals surface area contributed by atoms with Crippen LogP contribution in [0, 0.1) is 6.92 Å². The van der Waals surface area contributed by atoms with Crippen molar-refractivity contribution >= 4 is 11.6 Å². The van der Waals surface area contributed by atoms with Crippen molar-refractivity contribution in [1.29, 1.82) is 0 Å². The van der Waals surface area contributed by atoms with Crippen LogP contribution < -0.4 is 9.80 Å². The molecule has 2 aliphatic heterocycles. The van der Waals surface area contributed by atoms with Crippen LogP contribution in [0.4, 0.5) is 20.4 Å². The lowest BCUT2D eigenvalue weighted by Gasteiger charge is -2.38. The van der Waals surface area contributed by atoms with E-state index in [1.807, 2.05) is 22.8 Å². The molecular formula is C19H27F2N7. The van der Waals surface area contributed by atoms with Gasteiger partial charge in [-0.05, 0) is 6.92 Å². The predicted octanol–water partition coefficient (Wildman–Crippen LogP) is 2.08. The van der Waals surface area contributed by atoms with Gasteiger partial charge in [0, 0.05) is 89.4 Å². The molecule has 152 valence electrons. The Hall–Kier alpha value is -2.29. The zero-order valence-corrected chi connectivity index (χ0v) is 16.5. The highest BCUT2D eigenvalue weighted by Gasteiger charge is 2.35. The molecule has 2 aliphatic rings. The van der Waals surface area contributed by atoms with Crippen LogP contribution in [0.1, 0.15) is 24.1 Å². The first-order valence-electron chi connectivity index (χ1n) is 9.81. The van der Waals surface area contributed by atoms with Gasteiger partial charge >= 0.3 is 0 Å². The summed E-state index contributed by atoms with van der Waals surface area (Å²) in [6, 6.07) is 0. The molecule has 0 amide bonds. The van der Waals surface area contributed by atoms with E-state index < -0.39 is 5.92 Å². The molecule has 0 unspecified atom stereocenters. The molecule has 0 atom stereocenters. The lowest BCUT2D eigenvalue weighted by Crippen LogP contribution is -2.47. The Morgan fingerprint density at radius 3 is 2.04 bits per heavy atom. The second-order valence-corrected chi connectivity index (χ2v) is 7.69. The van der Waals surface area contributed by atoms with E-state index >= 15 is 0 Å². The molecule has 7 nitrogen and oxygen atoms in total. The Labute approximate surface area is 164 Å². The topological polar surface area (TPSA) is 53.3 Å². The Balaban J connectivity index is 1.40. The van der Waals surface area contributed by atoms with E-state index in [1.54, 1.807) is 12.4 Å². The summed E-state index contributed by atoms with van der Waals surface area (Å²) in [7, 11) is 1.96. The standard InChI is InChI=1S/C19H27F2N7/c1-15-16(13-24-25(15)2)14-26-9-11-28(12-10-26)18-17(22-5-6-23-18)27-7-3-19(20,21)4-8-27/h5-6,13H,3-4,7-12,14H2,1-2H3. The SMILES string of the molecule is Cc1c(CN2CCN(c3nccnc3N3CCC(F)(F)CC3)CC2)cnn1C. The average Bonchev–Trinajstić information content (AvgIpc) is 3.01. The summed E-state index contributed by atoms with van der Waals surface area (Å²) in [6.45, 7) is 7.14. The van der Waals surface area contributed by atoms with Gasteiger partial charge in [0.25, 0.3) is 5.92 Å². The Bertz CT molecular complexity index is 804. The van der Waals surface area contributed by atoms with Gasteiger partial charge in [-0.25, -0.2) is 18.7 Å². The smallest absolute Gasteiger partial charge is 0.251 e. The summed E-state index contributed by atoms with van der Waals surface area (Å²) < 4.78 is 28.9. The number of piperidine rings is 1. The van der Waals surface area contributed by atoms with Crippen LogP contribution in [-0.4, -0.2) is 69.8 Å². The number of alkyl halides is 2. The van der Waals surface area contributed by atoms with E-state index in [4.69, 9.17) is 0 Å². The van der Waals surface area contributed by atoms with E-state index in [1.165, 1.54) is 11.3 Å². The molecule has 2 saturated heterocycles. The molecule has 28 heavy (non-hydrogen) atoms. The fourth-order valence-electron chi connectivity index (χ4n) is 3.87. The first-order valence-corrected chi connectivity index (χ1v) is 9.81. The zero-order valence-electron chi connectivity index (χ0n) is 16.5. The number of rotatable bonds is 4. The van der Waals surface area contributed by atoms with Crippen molar-refractivity contribution in [2.75, 3.05) is 49.1 Å². The number of hydrogen-bond donors (Lipinski definition) is 0. The molecular weight excluding hydrogens is 364 g/mol. The van der Waals surface area contributed by atoms with Crippen molar-refractivity contribution in [3.63, 3.8) is 0 Å². The summed E-state index contributed by atoms with van der Waals surface area (Å²) >= 11 is 0. The quantitative estimate of drug-likeness (QED) is 0.796. The fourth-order valence-corrected chi connectivity index (χ4v) is 3.87. The summed E-state index contributed by atoms with van der Waals surface area (Å²) in [5.41, 5.74) is 2.45. The van der Waals surface area contributed by atoms with Crippen LogP contribution in [-0.2, 0) is 13.6 Å². The first kappa shape index (κ1) is 19.0. The highest BCUT2D eigenvalue weighted by Crippen LogP contribution is 2.33. The van der Waals surface area contributed by atoms with E-state index in [-0.39, 0.29) is 12.8 Å². The predicted molar refractivity (Wildman–Crippen MR) is 104 cm³/mol. The molecule has 2 fully saturated rings. The molecule has 2 aromatic heterocycles. The number of anilines is 2. The van der Waals surface area contributed by atoms with E-state index in [2.05, 4.69) is 31.8 Å². The minimum absolute atomic E-state index is 0.124. The van der Waals surface area contributed by atoms with E-state index in [0.29, 0.717) is 13.1 Å². The maximum Gasteiger partial charge on any atom is 0.251 e. The Kier molecular flexibility index (Phi) is 5.18. The minimum atomic E-state index is -2.56. The lowest BCUT2D eigenvalue weighted by atomic mass is 10.1. The first-order chi connectivity index (χ1) is 13.4. The van der Waals surface area contributed by atoms with Crippen LogP contribution in [0.15, 0.2) is 18.6 Å². The van der Waals surface area contributed by atoms with Gasteiger partial charge in [0.05, 0.1) is 6.20 Å². The van der Waals surface area contributed by atoms with E-state index in [0.717, 1.165) is 44.4 Å². The molecule has 0 aliphatic carbocycles. The van der Waals surface area contributed by atoms with Gasteiger partial charge in [-0.1, -0.05) is 0 Å². The number of aryl methyl sites for hydroxylation is 1. The Morgan fingerprint density at radius 1 is 0.929 bits per heavy atom. The van der Waals surface area contributed by atoms with Crippen LogP contribution in [0.2, 0.25) is 0 Å². The van der Waals surface area contributed by atoms with Crippen LogP contribution >= 0.6 is 0 Å². The van der Waals surface area contributed by atoms with Crippen molar-refractivity contribution in [3.05, 3.63) is 29.8 Å². The molecule has 0 saturated carbocycles. The third-order valence-corrected chi connectivity index (χ3v) is 5.86. The molecule has 0 spiro atoms. The van der Waals surface area contributed by atoms with Gasteiger partial charge < -0.3 is 9.80 Å². The van der Waals surface area contributed by atoms with Gasteiger partial charge in [-0.2, -0.15) is 5.10 Å². The number of halogens is 2. The van der Waals surface area contributed by atoms with Crippen molar-refractivity contribution in [3.8, 4) is 0 Å². The third kappa shape index (κ3) is 3.94. The molecule has 9 heteroatoms. The Morgan fingerprint density at radius 2 is 1.50 bits per heavy atom. The lowest BCUT2D eigenvalue weighted by molar-refractivity contribution is -0.0221. The summed E-state index contributed by atoms with van der Waals surface area (Å²) in [4.78, 5) is 15.6. The molecule has 4 heterocycles. The molecule has 0 bridgehead atoms. The summed E-state index contributed by atoms with van der Waals surface area (Å²) in [5, 5.41) is 4.32. The summed E-state index contributed by atoms with van der Waals surface area (Å²) in [5.74, 6) is -1.02. The fraction of sp³-hybridized carbons (Fsp3) is 0.632. The second kappa shape index (κ2) is 7.62. The van der Waals surface area contributed by atoms with Crippen molar-refractivity contribution in [2.24, 2.45) is 7.05 Å². The minimum Gasteiger partial charge on any atom is -0.353 e. The number of hydrogen-bond acceptors (Lipinski definition) is 6. The van der Waals surface area contributed by atoms with Crippen molar-refractivity contribution in [1.82, 2.24) is 24.6 Å². The third-order valence-electron chi connectivity index (χ3n) is 5.86. The monoisotopic (exact) mass is 391 g/mol. The zero-order chi connectivity index (χ0) is 19.7. The molecule has 0 aromatic carbocycles. The highest BCUT2D eigenvalue weighted by molar-refractivity contribution is 5.62. The molecule has 0 N–H and O–H groups in total. The highest BCUT2D eigenvalue weighted by atomic mass is 19.3. The van der Waals surface area contributed by atoms with Crippen molar-refractivity contribution in [2.45, 2.75) is 32.2 Å². The second-order valence-electron chi connectivity index (χ2n) is 7.69. The number of piperazine rings is 1. The largest absolute Gasteiger partial charge is 0.353 e. The van der Waals surface area contributed by atoms with Gasteiger partial charge in [0.1, 0.15) is 0 Å². The van der Waals surface area contributed by atoms with E-state index in [9.17, 15) is 8.78 Å². The van der Waals surface area contributed by atoms with Gasteiger partial charge in [0.2, 0.25) is 0 Å². The maximum atomic E-state index is 13.5. The maximum absolute atomic E-state index is 13.5.